The lowest BCUT2D eigenvalue weighted by Crippen LogP contribution is -1.98. The van der Waals surface area contributed by atoms with Crippen molar-refractivity contribution < 1.29 is 5.11 Å². The molecule has 0 aliphatic carbocycles. The molecule has 0 unspecified atom stereocenters. The lowest BCUT2D eigenvalue weighted by atomic mass is 10.4. The third-order valence-corrected chi connectivity index (χ3v) is 2.48. The molecule has 0 aliphatic rings. The number of hydrogen-bond acceptors (Lipinski definition) is 5. The first kappa shape index (κ1) is 9.28. The lowest BCUT2D eigenvalue weighted by molar-refractivity contribution is 0.322. The smallest absolute Gasteiger partial charge is 0.130 e. The highest BCUT2D eigenvalue weighted by Crippen LogP contribution is 2.21. The van der Waals surface area contributed by atoms with Gasteiger partial charge in [0.15, 0.2) is 0 Å². The van der Waals surface area contributed by atoms with Gasteiger partial charge in [-0.3, -0.25) is 0 Å². The standard InChI is InChI=1S/C7H11N3OS/c1-5-6(8)9-4-10-7(5)12-3-2-11/h4,11H,2-3H2,1H3,(H2,8,9,10). The van der Waals surface area contributed by atoms with E-state index in [9.17, 15) is 0 Å². The summed E-state index contributed by atoms with van der Waals surface area (Å²) in [6.07, 6.45) is 1.43. The van der Waals surface area contributed by atoms with Crippen molar-refractivity contribution in [3.8, 4) is 0 Å². The van der Waals surface area contributed by atoms with Crippen molar-refractivity contribution in [1.29, 1.82) is 0 Å². The van der Waals surface area contributed by atoms with Crippen molar-refractivity contribution in [3.63, 3.8) is 0 Å². The Kier molecular flexibility index (Phi) is 3.31. The molecular weight excluding hydrogens is 174 g/mol. The second-order valence-corrected chi connectivity index (χ2v) is 3.34. The Hall–Kier alpha value is -0.810. The largest absolute Gasteiger partial charge is 0.396 e. The number of nitrogen functional groups attached to an aromatic ring is 1. The molecule has 0 atom stereocenters. The third kappa shape index (κ3) is 2.09. The summed E-state index contributed by atoms with van der Waals surface area (Å²) < 4.78 is 0. The molecule has 1 aromatic heterocycles. The molecule has 5 heteroatoms. The zero-order chi connectivity index (χ0) is 8.97. The second kappa shape index (κ2) is 4.27. The zero-order valence-corrected chi connectivity index (χ0v) is 7.64. The third-order valence-electron chi connectivity index (χ3n) is 1.41. The highest BCUT2D eigenvalue weighted by molar-refractivity contribution is 7.99. The molecule has 1 heterocycles. The summed E-state index contributed by atoms with van der Waals surface area (Å²) in [5.74, 6) is 1.14. The molecule has 0 amide bonds. The molecule has 0 radical (unpaired) electrons. The van der Waals surface area contributed by atoms with Crippen molar-refractivity contribution in [2.45, 2.75) is 11.9 Å². The van der Waals surface area contributed by atoms with Gasteiger partial charge >= 0.3 is 0 Å². The highest BCUT2D eigenvalue weighted by atomic mass is 32.2. The maximum absolute atomic E-state index is 8.59. The Bertz CT molecular complexity index is 267. The van der Waals surface area contributed by atoms with Crippen molar-refractivity contribution in [2.75, 3.05) is 18.1 Å². The number of aromatic nitrogens is 2. The van der Waals surface area contributed by atoms with E-state index in [2.05, 4.69) is 9.97 Å². The normalized spacial score (nSPS) is 10.2. The van der Waals surface area contributed by atoms with Crippen LogP contribution in [0.15, 0.2) is 11.4 Å². The summed E-state index contributed by atoms with van der Waals surface area (Å²) >= 11 is 1.48. The van der Waals surface area contributed by atoms with Gasteiger partial charge in [0.2, 0.25) is 0 Å². The fraction of sp³-hybridized carbons (Fsp3) is 0.429. The predicted molar refractivity (Wildman–Crippen MR) is 49.0 cm³/mol. The van der Waals surface area contributed by atoms with Gasteiger partial charge in [0, 0.05) is 11.3 Å². The van der Waals surface area contributed by atoms with Gasteiger partial charge < -0.3 is 10.8 Å². The Balaban J connectivity index is 2.78. The van der Waals surface area contributed by atoms with E-state index in [0.29, 0.717) is 11.6 Å². The molecular formula is C7H11N3OS. The van der Waals surface area contributed by atoms with Crippen molar-refractivity contribution in [3.05, 3.63) is 11.9 Å². The average molecular weight is 185 g/mol. The summed E-state index contributed by atoms with van der Waals surface area (Å²) in [5, 5.41) is 9.44. The van der Waals surface area contributed by atoms with Gasteiger partial charge in [-0.15, -0.1) is 11.8 Å². The molecule has 0 bridgehead atoms. The SMILES string of the molecule is Cc1c(N)ncnc1SCCO. The molecule has 4 nitrogen and oxygen atoms in total. The number of nitrogens with zero attached hydrogens (tertiary/aromatic N) is 2. The van der Waals surface area contributed by atoms with E-state index in [1.807, 2.05) is 6.92 Å². The van der Waals surface area contributed by atoms with Gasteiger partial charge in [0.25, 0.3) is 0 Å². The van der Waals surface area contributed by atoms with Gasteiger partial charge in [-0.2, -0.15) is 0 Å². The van der Waals surface area contributed by atoms with Crippen LogP contribution in [-0.4, -0.2) is 27.4 Å². The number of rotatable bonds is 3. The van der Waals surface area contributed by atoms with Gasteiger partial charge in [-0.1, -0.05) is 0 Å². The zero-order valence-electron chi connectivity index (χ0n) is 6.82. The minimum absolute atomic E-state index is 0.147. The van der Waals surface area contributed by atoms with E-state index in [-0.39, 0.29) is 6.61 Å². The van der Waals surface area contributed by atoms with Crippen LogP contribution in [0.2, 0.25) is 0 Å². The van der Waals surface area contributed by atoms with Crippen LogP contribution in [0.25, 0.3) is 0 Å². The molecule has 1 rings (SSSR count). The molecule has 12 heavy (non-hydrogen) atoms. The van der Waals surface area contributed by atoms with Crippen LogP contribution in [0.1, 0.15) is 5.56 Å². The number of aliphatic hydroxyl groups excluding tert-OH is 1. The van der Waals surface area contributed by atoms with E-state index in [4.69, 9.17) is 10.8 Å². The summed E-state index contributed by atoms with van der Waals surface area (Å²) in [6, 6.07) is 0. The minimum atomic E-state index is 0.147. The molecule has 0 saturated carbocycles. The minimum Gasteiger partial charge on any atom is -0.396 e. The topological polar surface area (TPSA) is 72.0 Å². The molecule has 0 aliphatic heterocycles. The Morgan fingerprint density at radius 2 is 2.33 bits per heavy atom. The summed E-state index contributed by atoms with van der Waals surface area (Å²) in [4.78, 5) is 7.88. The van der Waals surface area contributed by atoms with Crippen LogP contribution in [0.5, 0.6) is 0 Å². The molecule has 0 aromatic carbocycles. The number of thioether (sulfide) groups is 1. The summed E-state index contributed by atoms with van der Waals surface area (Å²) in [5.41, 5.74) is 6.45. The first-order valence-electron chi connectivity index (χ1n) is 3.56. The first-order chi connectivity index (χ1) is 5.75. The van der Waals surface area contributed by atoms with Crippen molar-refractivity contribution in [1.82, 2.24) is 9.97 Å². The number of hydrogen-bond donors (Lipinski definition) is 2. The van der Waals surface area contributed by atoms with Crippen LogP contribution >= 0.6 is 11.8 Å². The van der Waals surface area contributed by atoms with Gasteiger partial charge in [-0.25, -0.2) is 9.97 Å². The maximum atomic E-state index is 8.59. The predicted octanol–water partition coefficient (Wildman–Crippen LogP) is 0.452. The highest BCUT2D eigenvalue weighted by Gasteiger charge is 2.03. The van der Waals surface area contributed by atoms with Crippen LogP contribution in [0, 0.1) is 6.92 Å². The van der Waals surface area contributed by atoms with E-state index >= 15 is 0 Å². The van der Waals surface area contributed by atoms with Crippen LogP contribution in [0.3, 0.4) is 0 Å². The monoisotopic (exact) mass is 185 g/mol. The van der Waals surface area contributed by atoms with Crippen LogP contribution in [-0.2, 0) is 0 Å². The number of aliphatic hydroxyl groups is 1. The fourth-order valence-corrected chi connectivity index (χ4v) is 1.46. The molecule has 0 spiro atoms. The Morgan fingerprint density at radius 3 is 3.00 bits per heavy atom. The Morgan fingerprint density at radius 1 is 1.58 bits per heavy atom. The fourth-order valence-electron chi connectivity index (χ4n) is 0.735. The second-order valence-electron chi connectivity index (χ2n) is 2.26. The van der Waals surface area contributed by atoms with Gasteiger partial charge in [-0.05, 0) is 6.92 Å². The summed E-state index contributed by atoms with van der Waals surface area (Å²) in [7, 11) is 0. The van der Waals surface area contributed by atoms with Crippen LogP contribution < -0.4 is 5.73 Å². The van der Waals surface area contributed by atoms with Crippen molar-refractivity contribution in [2.24, 2.45) is 0 Å². The van der Waals surface area contributed by atoms with E-state index in [0.717, 1.165) is 10.6 Å². The molecule has 0 fully saturated rings. The van der Waals surface area contributed by atoms with E-state index in [1.54, 1.807) is 0 Å². The van der Waals surface area contributed by atoms with E-state index in [1.165, 1.54) is 18.1 Å². The van der Waals surface area contributed by atoms with Gasteiger partial charge in [0.1, 0.15) is 17.2 Å². The molecule has 0 saturated heterocycles. The summed E-state index contributed by atoms with van der Waals surface area (Å²) in [6.45, 7) is 2.02. The molecule has 3 N–H and O–H groups in total. The average Bonchev–Trinajstić information content (AvgIpc) is 2.08. The molecule has 1 aromatic rings. The van der Waals surface area contributed by atoms with Crippen LogP contribution in [0.4, 0.5) is 5.82 Å². The lowest BCUT2D eigenvalue weighted by Gasteiger charge is -2.03. The number of nitrogens with two attached hydrogens (primary N) is 1. The Labute approximate surface area is 75.2 Å². The quantitative estimate of drug-likeness (QED) is 0.528. The number of anilines is 1. The van der Waals surface area contributed by atoms with Gasteiger partial charge in [0.05, 0.1) is 6.61 Å². The first-order valence-corrected chi connectivity index (χ1v) is 4.55. The molecule has 66 valence electrons. The van der Waals surface area contributed by atoms with Crippen molar-refractivity contribution >= 4 is 17.6 Å². The maximum Gasteiger partial charge on any atom is 0.130 e. The van der Waals surface area contributed by atoms with E-state index < -0.39 is 0 Å².